The SMILES string of the molecule is CC(C)c1cc(-c2ccc(F)cc2C(F)(F)F)on1. The molecule has 0 N–H and O–H groups in total. The molecule has 0 aliphatic carbocycles. The molecule has 2 nitrogen and oxygen atoms in total. The third-order valence-electron chi connectivity index (χ3n) is 2.67. The van der Waals surface area contributed by atoms with Gasteiger partial charge in [-0.1, -0.05) is 19.0 Å². The van der Waals surface area contributed by atoms with Crippen LogP contribution in [0.5, 0.6) is 0 Å². The summed E-state index contributed by atoms with van der Waals surface area (Å²) in [5.74, 6) is -0.928. The van der Waals surface area contributed by atoms with Gasteiger partial charge >= 0.3 is 6.18 Å². The number of nitrogens with zero attached hydrogens (tertiary/aromatic N) is 1. The average Bonchev–Trinajstić information content (AvgIpc) is 2.77. The third kappa shape index (κ3) is 2.77. The molecule has 2 aromatic rings. The number of alkyl halides is 3. The Kier molecular flexibility index (Phi) is 3.34. The molecule has 0 bridgehead atoms. The lowest BCUT2D eigenvalue weighted by Gasteiger charge is -2.10. The molecule has 0 unspecified atom stereocenters. The summed E-state index contributed by atoms with van der Waals surface area (Å²) in [6.07, 6.45) is -4.65. The highest BCUT2D eigenvalue weighted by molar-refractivity contribution is 5.63. The van der Waals surface area contributed by atoms with E-state index in [1.165, 1.54) is 6.07 Å². The van der Waals surface area contributed by atoms with E-state index in [1.807, 2.05) is 13.8 Å². The van der Waals surface area contributed by atoms with E-state index < -0.39 is 17.6 Å². The first-order valence-corrected chi connectivity index (χ1v) is 5.62. The Bertz CT molecular complexity index is 587. The monoisotopic (exact) mass is 273 g/mol. The predicted octanol–water partition coefficient (Wildman–Crippen LogP) is 4.62. The fourth-order valence-electron chi connectivity index (χ4n) is 1.65. The van der Waals surface area contributed by atoms with Gasteiger partial charge in [-0.15, -0.1) is 0 Å². The second-order valence-corrected chi connectivity index (χ2v) is 4.46. The van der Waals surface area contributed by atoms with Crippen LogP contribution in [0.2, 0.25) is 0 Å². The molecule has 0 saturated carbocycles. The maximum absolute atomic E-state index is 13.0. The molecule has 0 aliphatic rings. The quantitative estimate of drug-likeness (QED) is 0.746. The maximum atomic E-state index is 13.0. The van der Waals surface area contributed by atoms with Gasteiger partial charge < -0.3 is 4.52 Å². The lowest BCUT2D eigenvalue weighted by molar-refractivity contribution is -0.137. The Morgan fingerprint density at radius 1 is 1.16 bits per heavy atom. The van der Waals surface area contributed by atoms with Gasteiger partial charge in [-0.3, -0.25) is 0 Å². The molecule has 1 aromatic heterocycles. The lowest BCUT2D eigenvalue weighted by atomic mass is 10.0. The van der Waals surface area contributed by atoms with Crippen molar-refractivity contribution in [2.24, 2.45) is 0 Å². The lowest BCUT2D eigenvalue weighted by Crippen LogP contribution is -2.07. The predicted molar refractivity (Wildman–Crippen MR) is 61.0 cm³/mol. The van der Waals surface area contributed by atoms with Crippen molar-refractivity contribution < 1.29 is 22.1 Å². The first-order valence-electron chi connectivity index (χ1n) is 5.62. The van der Waals surface area contributed by atoms with Crippen LogP contribution >= 0.6 is 0 Å². The number of rotatable bonds is 2. The molecule has 19 heavy (non-hydrogen) atoms. The van der Waals surface area contributed by atoms with Crippen LogP contribution < -0.4 is 0 Å². The fourth-order valence-corrected chi connectivity index (χ4v) is 1.65. The summed E-state index contributed by atoms with van der Waals surface area (Å²) in [5, 5.41) is 3.70. The minimum Gasteiger partial charge on any atom is -0.356 e. The van der Waals surface area contributed by atoms with Gasteiger partial charge in [-0.25, -0.2) is 4.39 Å². The Morgan fingerprint density at radius 3 is 2.37 bits per heavy atom. The van der Waals surface area contributed by atoms with Crippen LogP contribution in [-0.2, 0) is 6.18 Å². The summed E-state index contributed by atoms with van der Waals surface area (Å²) in [4.78, 5) is 0. The van der Waals surface area contributed by atoms with E-state index in [0.29, 0.717) is 11.8 Å². The first-order chi connectivity index (χ1) is 8.79. The molecule has 102 valence electrons. The maximum Gasteiger partial charge on any atom is 0.417 e. The van der Waals surface area contributed by atoms with Gasteiger partial charge in [-0.05, 0) is 24.1 Å². The van der Waals surface area contributed by atoms with E-state index in [2.05, 4.69) is 5.16 Å². The zero-order valence-corrected chi connectivity index (χ0v) is 10.3. The largest absolute Gasteiger partial charge is 0.417 e. The summed E-state index contributed by atoms with van der Waals surface area (Å²) in [5.41, 5.74) is -0.736. The molecule has 0 fully saturated rings. The summed E-state index contributed by atoms with van der Waals surface area (Å²) in [6.45, 7) is 3.69. The molecule has 2 rings (SSSR count). The average molecular weight is 273 g/mol. The van der Waals surface area contributed by atoms with Crippen LogP contribution in [0.1, 0.15) is 31.0 Å². The van der Waals surface area contributed by atoms with Gasteiger partial charge in [0, 0.05) is 11.6 Å². The van der Waals surface area contributed by atoms with Crippen molar-refractivity contribution in [2.45, 2.75) is 25.9 Å². The van der Waals surface area contributed by atoms with Crippen molar-refractivity contribution in [1.82, 2.24) is 5.16 Å². The van der Waals surface area contributed by atoms with Crippen molar-refractivity contribution >= 4 is 0 Å². The molecule has 0 atom stereocenters. The van der Waals surface area contributed by atoms with Crippen molar-refractivity contribution in [3.05, 3.63) is 41.3 Å². The molecule has 0 spiro atoms. The van der Waals surface area contributed by atoms with Crippen LogP contribution in [0.3, 0.4) is 0 Å². The van der Waals surface area contributed by atoms with Crippen LogP contribution in [-0.4, -0.2) is 5.16 Å². The van der Waals surface area contributed by atoms with Crippen LogP contribution in [0.15, 0.2) is 28.8 Å². The van der Waals surface area contributed by atoms with Crippen molar-refractivity contribution in [1.29, 1.82) is 0 Å². The standard InChI is InChI=1S/C13H11F4NO/c1-7(2)11-6-12(19-18-11)9-4-3-8(14)5-10(9)13(15,16)17/h3-7H,1-2H3. The number of halogens is 4. The van der Waals surface area contributed by atoms with Crippen molar-refractivity contribution in [3.63, 3.8) is 0 Å². The summed E-state index contributed by atoms with van der Waals surface area (Å²) in [6, 6.07) is 3.89. The number of hydrogen-bond acceptors (Lipinski definition) is 2. The van der Waals surface area contributed by atoms with Crippen molar-refractivity contribution in [2.75, 3.05) is 0 Å². The van der Waals surface area contributed by atoms with Crippen molar-refractivity contribution in [3.8, 4) is 11.3 Å². The Morgan fingerprint density at radius 2 is 1.84 bits per heavy atom. The smallest absolute Gasteiger partial charge is 0.356 e. The van der Waals surface area contributed by atoms with Gasteiger partial charge in [-0.2, -0.15) is 13.2 Å². The zero-order valence-electron chi connectivity index (χ0n) is 10.3. The highest BCUT2D eigenvalue weighted by Crippen LogP contribution is 2.38. The highest BCUT2D eigenvalue weighted by Gasteiger charge is 2.35. The Balaban J connectivity index is 2.55. The molecule has 1 heterocycles. The van der Waals surface area contributed by atoms with E-state index in [1.54, 1.807) is 0 Å². The minimum atomic E-state index is -4.65. The summed E-state index contributed by atoms with van der Waals surface area (Å²) >= 11 is 0. The topological polar surface area (TPSA) is 26.0 Å². The number of hydrogen-bond donors (Lipinski definition) is 0. The number of aromatic nitrogens is 1. The molecule has 0 amide bonds. The summed E-state index contributed by atoms with van der Waals surface area (Å²) < 4.78 is 56.4. The third-order valence-corrected chi connectivity index (χ3v) is 2.67. The molecule has 0 radical (unpaired) electrons. The molecule has 1 aromatic carbocycles. The number of benzene rings is 1. The van der Waals surface area contributed by atoms with Gasteiger partial charge in [0.2, 0.25) is 0 Å². The van der Waals surface area contributed by atoms with E-state index in [9.17, 15) is 17.6 Å². The molecule has 6 heteroatoms. The molecular formula is C13H11F4NO. The zero-order chi connectivity index (χ0) is 14.2. The summed E-state index contributed by atoms with van der Waals surface area (Å²) in [7, 11) is 0. The van der Waals surface area contributed by atoms with Gasteiger partial charge in [0.1, 0.15) is 5.82 Å². The highest BCUT2D eigenvalue weighted by atomic mass is 19.4. The van der Waals surface area contributed by atoms with E-state index in [0.717, 1.165) is 12.1 Å². The normalized spacial score (nSPS) is 12.2. The van der Waals surface area contributed by atoms with E-state index >= 15 is 0 Å². The van der Waals surface area contributed by atoms with Crippen LogP contribution in [0.4, 0.5) is 17.6 Å². The minimum absolute atomic E-state index is 0.0176. The second kappa shape index (κ2) is 4.68. The van der Waals surface area contributed by atoms with E-state index in [-0.39, 0.29) is 17.2 Å². The van der Waals surface area contributed by atoms with Gasteiger partial charge in [0.05, 0.1) is 11.3 Å². The van der Waals surface area contributed by atoms with Gasteiger partial charge in [0.25, 0.3) is 0 Å². The fraction of sp³-hybridized carbons (Fsp3) is 0.308. The molecular weight excluding hydrogens is 262 g/mol. The molecule has 0 saturated heterocycles. The molecule has 0 aliphatic heterocycles. The second-order valence-electron chi connectivity index (χ2n) is 4.46. The first kappa shape index (κ1) is 13.6. The Hall–Kier alpha value is -1.85. The van der Waals surface area contributed by atoms with Crippen LogP contribution in [0, 0.1) is 5.82 Å². The van der Waals surface area contributed by atoms with Gasteiger partial charge in [0.15, 0.2) is 5.76 Å². The Labute approximate surface area is 107 Å². The van der Waals surface area contributed by atoms with E-state index in [4.69, 9.17) is 4.52 Å². The van der Waals surface area contributed by atoms with Crippen LogP contribution in [0.25, 0.3) is 11.3 Å².